The minimum Gasteiger partial charge on any atom is -0.598 e. The van der Waals surface area contributed by atoms with E-state index < -0.39 is 70.3 Å². The maximum absolute atomic E-state index is 14.9. The first-order chi connectivity index (χ1) is 11.8. The van der Waals surface area contributed by atoms with Crippen LogP contribution in [0.3, 0.4) is 0 Å². The summed E-state index contributed by atoms with van der Waals surface area (Å²) in [4.78, 5) is 10.7. The maximum Gasteiger partial charge on any atom is 0.303 e. The molecule has 148 valence electrons. The van der Waals surface area contributed by atoms with E-state index in [9.17, 15) is 31.3 Å². The third kappa shape index (κ3) is 4.66. The predicted molar refractivity (Wildman–Crippen MR) is 86.9 cm³/mol. The second kappa shape index (κ2) is 8.10. The van der Waals surface area contributed by atoms with Crippen LogP contribution in [0.2, 0.25) is 0 Å². The number of benzene rings is 1. The van der Waals surface area contributed by atoms with Crippen molar-refractivity contribution < 1.29 is 36.4 Å². The van der Waals surface area contributed by atoms with Gasteiger partial charge in [-0.05, 0) is 26.8 Å². The molecular weight excluding hydrogens is 381 g/mol. The van der Waals surface area contributed by atoms with Crippen molar-refractivity contribution in [3.63, 3.8) is 0 Å². The van der Waals surface area contributed by atoms with Crippen LogP contribution in [0.15, 0.2) is 18.2 Å². The summed E-state index contributed by atoms with van der Waals surface area (Å²) in [7, 11) is 0. The molecule has 26 heavy (non-hydrogen) atoms. The number of carboxylic acid groups (broad SMARTS) is 1. The molecule has 4 nitrogen and oxygen atoms in total. The van der Waals surface area contributed by atoms with Crippen LogP contribution in [-0.2, 0) is 21.7 Å². The standard InChI is InChI=1S/C16H20F5NO3S/c1-14(2,3)26(25)22-15(9-17,16(20,21)8-7-12(23)24)10-5-4-6-11(18)13(10)19/h4-6,22H,7-9H2,1-3H3,(H,23,24)/t15?,26-/m1/s1. The molecule has 1 aromatic carbocycles. The van der Waals surface area contributed by atoms with Crippen molar-refractivity contribution in [2.75, 3.05) is 6.67 Å². The van der Waals surface area contributed by atoms with Crippen molar-refractivity contribution in [3.8, 4) is 0 Å². The van der Waals surface area contributed by atoms with Crippen molar-refractivity contribution in [2.45, 2.75) is 49.8 Å². The number of carbonyl (C=O) groups is 1. The molecule has 0 radical (unpaired) electrons. The monoisotopic (exact) mass is 401 g/mol. The van der Waals surface area contributed by atoms with Gasteiger partial charge in [0.15, 0.2) is 17.2 Å². The fourth-order valence-electron chi connectivity index (χ4n) is 2.15. The van der Waals surface area contributed by atoms with E-state index in [1.54, 1.807) is 0 Å². The van der Waals surface area contributed by atoms with E-state index in [0.717, 1.165) is 12.1 Å². The number of hydrogen-bond donors (Lipinski definition) is 2. The Hall–Kier alpha value is -1.39. The third-order valence-corrected chi connectivity index (χ3v) is 5.36. The molecule has 0 aromatic heterocycles. The number of aliphatic carboxylic acids is 1. The Morgan fingerprint density at radius 2 is 1.85 bits per heavy atom. The Labute approximate surface area is 151 Å². The van der Waals surface area contributed by atoms with E-state index in [4.69, 9.17) is 5.11 Å². The van der Waals surface area contributed by atoms with Gasteiger partial charge in [-0.3, -0.25) is 4.79 Å². The molecule has 1 rings (SSSR count). The van der Waals surface area contributed by atoms with Crippen LogP contribution in [-0.4, -0.2) is 33.0 Å². The summed E-state index contributed by atoms with van der Waals surface area (Å²) in [6, 6.07) is 2.32. The number of rotatable bonds is 8. The molecule has 0 aliphatic heterocycles. The van der Waals surface area contributed by atoms with Gasteiger partial charge in [0.05, 0.1) is 6.42 Å². The van der Waals surface area contributed by atoms with Gasteiger partial charge in [0.25, 0.3) is 5.92 Å². The maximum atomic E-state index is 14.9. The molecule has 0 saturated heterocycles. The molecule has 2 N–H and O–H groups in total. The first kappa shape index (κ1) is 22.7. The summed E-state index contributed by atoms with van der Waals surface area (Å²) in [5.74, 6) is -8.97. The van der Waals surface area contributed by atoms with Gasteiger partial charge in [-0.2, -0.15) is 0 Å². The van der Waals surface area contributed by atoms with Crippen LogP contribution in [0.1, 0.15) is 39.2 Å². The quantitative estimate of drug-likeness (QED) is 0.515. The number of carboxylic acids is 1. The molecule has 0 heterocycles. The smallest absolute Gasteiger partial charge is 0.303 e. The number of hydrogen-bond acceptors (Lipinski definition) is 3. The van der Waals surface area contributed by atoms with Crippen molar-refractivity contribution in [1.82, 2.24) is 4.72 Å². The third-order valence-electron chi connectivity index (χ3n) is 3.71. The summed E-state index contributed by atoms with van der Waals surface area (Å²) in [6.07, 6.45) is -2.41. The van der Waals surface area contributed by atoms with Crippen molar-refractivity contribution in [3.05, 3.63) is 35.4 Å². The second-order valence-corrected chi connectivity index (χ2v) is 8.69. The van der Waals surface area contributed by atoms with Crippen LogP contribution in [0, 0.1) is 11.6 Å². The highest BCUT2D eigenvalue weighted by molar-refractivity contribution is 7.90. The summed E-state index contributed by atoms with van der Waals surface area (Å²) in [5.41, 5.74) is -4.26. The Morgan fingerprint density at radius 1 is 1.27 bits per heavy atom. The summed E-state index contributed by atoms with van der Waals surface area (Å²) < 4.78 is 84.6. The molecule has 1 aromatic rings. The van der Waals surface area contributed by atoms with Crippen LogP contribution < -0.4 is 4.72 Å². The molecule has 0 aliphatic carbocycles. The van der Waals surface area contributed by atoms with Gasteiger partial charge in [0, 0.05) is 23.3 Å². The van der Waals surface area contributed by atoms with Crippen LogP contribution >= 0.6 is 0 Å². The van der Waals surface area contributed by atoms with Gasteiger partial charge in [-0.25, -0.2) is 22.0 Å². The SMILES string of the molecule is CC(C)(C)[S@@+]([O-])NC(CF)(c1cccc(F)c1F)C(F)(F)CCC(=O)O. The lowest BCUT2D eigenvalue weighted by molar-refractivity contribution is -0.143. The zero-order chi connectivity index (χ0) is 20.3. The number of halogens is 5. The number of alkyl halides is 3. The Balaban J connectivity index is 3.57. The highest BCUT2D eigenvalue weighted by Crippen LogP contribution is 2.44. The molecule has 0 aliphatic rings. The Morgan fingerprint density at radius 3 is 2.31 bits per heavy atom. The second-order valence-electron chi connectivity index (χ2n) is 6.72. The molecule has 0 amide bonds. The zero-order valence-electron chi connectivity index (χ0n) is 14.4. The average Bonchev–Trinajstić information content (AvgIpc) is 2.52. The van der Waals surface area contributed by atoms with E-state index >= 15 is 0 Å². The van der Waals surface area contributed by atoms with Gasteiger partial charge >= 0.3 is 5.97 Å². The highest BCUT2D eigenvalue weighted by Gasteiger charge is 2.60. The minimum absolute atomic E-state index is 0.665. The average molecular weight is 401 g/mol. The molecule has 0 saturated carbocycles. The summed E-state index contributed by atoms with van der Waals surface area (Å²) in [5, 5.41) is 8.65. The van der Waals surface area contributed by atoms with Crippen molar-refractivity contribution in [2.24, 2.45) is 0 Å². The summed E-state index contributed by atoms with van der Waals surface area (Å²) >= 11 is -2.29. The molecule has 0 spiro atoms. The summed E-state index contributed by atoms with van der Waals surface area (Å²) in [6.45, 7) is 2.30. The first-order valence-corrected chi connectivity index (χ1v) is 8.73. The fraction of sp³-hybridized carbons (Fsp3) is 0.562. The lowest BCUT2D eigenvalue weighted by Gasteiger charge is -2.40. The molecule has 2 atom stereocenters. The van der Waals surface area contributed by atoms with E-state index in [1.165, 1.54) is 20.8 Å². The van der Waals surface area contributed by atoms with E-state index in [0.29, 0.717) is 6.07 Å². The predicted octanol–water partition coefficient (Wildman–Crippen LogP) is 3.68. The van der Waals surface area contributed by atoms with Crippen molar-refractivity contribution in [1.29, 1.82) is 0 Å². The molecule has 1 unspecified atom stereocenters. The topological polar surface area (TPSA) is 72.4 Å². The van der Waals surface area contributed by atoms with E-state index in [-0.39, 0.29) is 0 Å². The minimum atomic E-state index is -4.18. The van der Waals surface area contributed by atoms with Gasteiger partial charge in [0.2, 0.25) is 0 Å². The normalized spacial score (nSPS) is 16.2. The van der Waals surface area contributed by atoms with Crippen LogP contribution in [0.5, 0.6) is 0 Å². The molecule has 10 heteroatoms. The van der Waals surface area contributed by atoms with Gasteiger partial charge in [-0.15, -0.1) is 4.72 Å². The number of nitrogens with one attached hydrogen (secondary N) is 1. The fourth-order valence-corrected chi connectivity index (χ4v) is 3.08. The molecule has 0 fully saturated rings. The lowest BCUT2D eigenvalue weighted by Crippen LogP contribution is -2.62. The van der Waals surface area contributed by atoms with Crippen LogP contribution in [0.25, 0.3) is 0 Å². The lowest BCUT2D eigenvalue weighted by atomic mass is 9.83. The molecule has 0 bridgehead atoms. The Kier molecular flexibility index (Phi) is 7.05. The van der Waals surface area contributed by atoms with Crippen LogP contribution in [0.4, 0.5) is 22.0 Å². The Bertz CT molecular complexity index is 653. The van der Waals surface area contributed by atoms with E-state index in [2.05, 4.69) is 0 Å². The first-order valence-electron chi connectivity index (χ1n) is 7.58. The van der Waals surface area contributed by atoms with Gasteiger partial charge in [0.1, 0.15) is 11.4 Å². The molecular formula is C16H20F5NO3S. The largest absolute Gasteiger partial charge is 0.598 e. The highest BCUT2D eigenvalue weighted by atomic mass is 32.2. The van der Waals surface area contributed by atoms with Gasteiger partial charge in [-0.1, -0.05) is 12.1 Å². The van der Waals surface area contributed by atoms with Crippen molar-refractivity contribution >= 4 is 17.3 Å². The van der Waals surface area contributed by atoms with Gasteiger partial charge < -0.3 is 9.66 Å². The van der Waals surface area contributed by atoms with E-state index in [1.807, 2.05) is 4.72 Å². The zero-order valence-corrected chi connectivity index (χ0v) is 15.2.